The van der Waals surface area contributed by atoms with Crippen LogP contribution in [0, 0.1) is 10.1 Å². The Morgan fingerprint density at radius 1 is 1.03 bits per heavy atom. The molecule has 0 amide bonds. The molecule has 29 heavy (non-hydrogen) atoms. The zero-order valence-corrected chi connectivity index (χ0v) is 15.1. The molecule has 0 unspecified atom stereocenters. The normalized spacial score (nSPS) is 11.6. The molecular formula is C22H15N3O4. The van der Waals surface area contributed by atoms with Gasteiger partial charge in [0.1, 0.15) is 0 Å². The Morgan fingerprint density at radius 3 is 2.69 bits per heavy atom. The second-order valence-corrected chi connectivity index (χ2v) is 6.18. The molecule has 0 bridgehead atoms. The van der Waals surface area contributed by atoms with Crippen LogP contribution in [0.4, 0.5) is 11.4 Å². The van der Waals surface area contributed by atoms with Crippen LogP contribution in [0.2, 0.25) is 0 Å². The maximum absolute atomic E-state index is 10.8. The van der Waals surface area contributed by atoms with Crippen LogP contribution >= 0.6 is 0 Å². The van der Waals surface area contributed by atoms with Crippen molar-refractivity contribution in [2.45, 2.75) is 0 Å². The van der Waals surface area contributed by atoms with Crippen LogP contribution in [-0.2, 0) is 0 Å². The lowest BCUT2D eigenvalue weighted by Gasteiger charge is -2.00. The van der Waals surface area contributed by atoms with Crippen molar-refractivity contribution in [1.29, 1.82) is 0 Å². The first-order valence-corrected chi connectivity index (χ1v) is 8.74. The number of aromatic nitrogens is 1. The van der Waals surface area contributed by atoms with Gasteiger partial charge in [-0.1, -0.05) is 48.5 Å². The minimum absolute atomic E-state index is 0.00897. The zero-order chi connectivity index (χ0) is 20.2. The van der Waals surface area contributed by atoms with E-state index in [-0.39, 0.29) is 23.2 Å². The van der Waals surface area contributed by atoms with Crippen molar-refractivity contribution in [2.75, 3.05) is 0 Å². The number of nitro benzene ring substituents is 1. The van der Waals surface area contributed by atoms with Crippen LogP contribution < -0.4 is 0 Å². The van der Waals surface area contributed by atoms with Crippen molar-refractivity contribution in [3.63, 3.8) is 0 Å². The number of rotatable bonds is 5. The van der Waals surface area contributed by atoms with Crippen LogP contribution in [0.3, 0.4) is 0 Å². The van der Waals surface area contributed by atoms with Gasteiger partial charge in [-0.2, -0.15) is 0 Å². The smallest absolute Gasteiger partial charge is 0.312 e. The Balaban J connectivity index is 1.57. The number of oxazole rings is 1. The molecule has 4 rings (SSSR count). The van der Waals surface area contributed by atoms with Gasteiger partial charge >= 0.3 is 5.95 Å². The van der Waals surface area contributed by atoms with E-state index in [0.29, 0.717) is 5.56 Å². The molecule has 0 spiro atoms. The van der Waals surface area contributed by atoms with Gasteiger partial charge in [0.2, 0.25) is 5.89 Å². The molecule has 0 radical (unpaired) electrons. The van der Waals surface area contributed by atoms with E-state index in [1.54, 1.807) is 18.2 Å². The quantitative estimate of drug-likeness (QED) is 0.283. The molecule has 0 fully saturated rings. The summed E-state index contributed by atoms with van der Waals surface area (Å²) in [5.74, 6) is -0.193. The molecule has 1 heterocycles. The van der Waals surface area contributed by atoms with Gasteiger partial charge < -0.3 is 9.52 Å². The van der Waals surface area contributed by atoms with Crippen LogP contribution in [0.25, 0.3) is 22.9 Å². The Bertz CT molecular complexity index is 1250. The van der Waals surface area contributed by atoms with Crippen molar-refractivity contribution in [3.05, 3.63) is 94.0 Å². The molecule has 0 aliphatic rings. The predicted molar refractivity (Wildman–Crippen MR) is 111 cm³/mol. The lowest BCUT2D eigenvalue weighted by Crippen LogP contribution is -1.87. The molecule has 0 atom stereocenters. The third-order valence-electron chi connectivity index (χ3n) is 4.24. The van der Waals surface area contributed by atoms with Gasteiger partial charge in [-0.3, -0.25) is 15.1 Å². The monoisotopic (exact) mass is 385 g/mol. The average molecular weight is 385 g/mol. The van der Waals surface area contributed by atoms with Gasteiger partial charge in [0.05, 0.1) is 16.8 Å². The summed E-state index contributed by atoms with van der Waals surface area (Å²) in [5.41, 5.74) is 1.55. The number of benzene rings is 3. The number of nitrogens with zero attached hydrogens (tertiary/aromatic N) is 3. The highest BCUT2D eigenvalue weighted by Gasteiger charge is 2.09. The number of hydrogen-bond donors (Lipinski definition) is 1. The number of nitro groups is 1. The Hall–Kier alpha value is -4.26. The second-order valence-electron chi connectivity index (χ2n) is 6.18. The highest BCUT2D eigenvalue weighted by molar-refractivity contribution is 5.95. The molecule has 0 aliphatic carbocycles. The van der Waals surface area contributed by atoms with Crippen LogP contribution in [0.1, 0.15) is 17.1 Å². The van der Waals surface area contributed by atoms with Gasteiger partial charge in [0.15, 0.2) is 5.69 Å². The maximum Gasteiger partial charge on any atom is 0.312 e. The van der Waals surface area contributed by atoms with Crippen molar-refractivity contribution in [3.8, 4) is 5.95 Å². The number of hydrogen-bond acceptors (Lipinski definition) is 6. The summed E-state index contributed by atoms with van der Waals surface area (Å²) in [6, 6.07) is 19.8. The lowest BCUT2D eigenvalue weighted by molar-refractivity contribution is -0.384. The van der Waals surface area contributed by atoms with E-state index in [1.165, 1.54) is 24.4 Å². The first-order chi connectivity index (χ1) is 14.1. The summed E-state index contributed by atoms with van der Waals surface area (Å²) >= 11 is 0. The standard InChI is InChI=1S/C22H15N3O4/c26-22-20(14-23-19-10-4-7-16-6-1-2-9-18(16)19)24-21(29-22)12-11-15-5-3-8-17(13-15)25(27)28/h1-14,26H. The van der Waals surface area contributed by atoms with E-state index in [4.69, 9.17) is 4.42 Å². The SMILES string of the molecule is O=[N+]([O-])c1cccc(C=Cc2nc(C=Nc3cccc4ccccc34)c(O)o2)c1. The van der Waals surface area contributed by atoms with E-state index in [9.17, 15) is 15.2 Å². The van der Waals surface area contributed by atoms with Crippen molar-refractivity contribution in [1.82, 2.24) is 4.98 Å². The molecule has 1 N–H and O–H groups in total. The molecule has 0 saturated carbocycles. The van der Waals surface area contributed by atoms with Crippen LogP contribution in [0.5, 0.6) is 5.95 Å². The average Bonchev–Trinajstić information content (AvgIpc) is 3.10. The van der Waals surface area contributed by atoms with Crippen LogP contribution in [0.15, 0.2) is 76.1 Å². The molecule has 4 aromatic rings. The fourth-order valence-electron chi connectivity index (χ4n) is 2.86. The summed E-state index contributed by atoms with van der Waals surface area (Å²) in [6.07, 6.45) is 4.57. The number of aliphatic imine (C=N–C) groups is 1. The highest BCUT2D eigenvalue weighted by atomic mass is 16.6. The second kappa shape index (κ2) is 7.77. The fourth-order valence-corrected chi connectivity index (χ4v) is 2.86. The topological polar surface area (TPSA) is 102 Å². The summed E-state index contributed by atoms with van der Waals surface area (Å²) in [4.78, 5) is 19.0. The molecular weight excluding hydrogens is 370 g/mol. The maximum atomic E-state index is 10.8. The van der Waals surface area contributed by atoms with Gasteiger partial charge in [0, 0.05) is 23.6 Å². The molecule has 7 nitrogen and oxygen atoms in total. The molecule has 7 heteroatoms. The van der Waals surface area contributed by atoms with Gasteiger partial charge in [-0.25, -0.2) is 4.98 Å². The van der Waals surface area contributed by atoms with E-state index in [0.717, 1.165) is 16.5 Å². The summed E-state index contributed by atoms with van der Waals surface area (Å²) in [6.45, 7) is 0. The fraction of sp³-hybridized carbons (Fsp3) is 0. The minimum atomic E-state index is -0.462. The summed E-state index contributed by atoms with van der Waals surface area (Å²) in [7, 11) is 0. The summed E-state index contributed by atoms with van der Waals surface area (Å²) in [5, 5.41) is 22.9. The number of fused-ring (bicyclic) bond motifs is 1. The molecule has 0 saturated heterocycles. The third kappa shape index (κ3) is 4.03. The molecule has 1 aromatic heterocycles. The zero-order valence-electron chi connectivity index (χ0n) is 15.1. The van der Waals surface area contributed by atoms with Gasteiger partial charge in [0.25, 0.3) is 5.69 Å². The first kappa shape index (κ1) is 18.1. The Labute approximate surface area is 165 Å². The van der Waals surface area contributed by atoms with Gasteiger partial charge in [-0.05, 0) is 23.1 Å². The van der Waals surface area contributed by atoms with Crippen molar-refractivity contribution < 1.29 is 14.4 Å². The molecule has 142 valence electrons. The third-order valence-corrected chi connectivity index (χ3v) is 4.24. The summed E-state index contributed by atoms with van der Waals surface area (Å²) < 4.78 is 5.22. The number of non-ortho nitro benzene ring substituents is 1. The van der Waals surface area contributed by atoms with Crippen LogP contribution in [-0.4, -0.2) is 21.2 Å². The van der Waals surface area contributed by atoms with Crippen molar-refractivity contribution in [2.24, 2.45) is 4.99 Å². The lowest BCUT2D eigenvalue weighted by atomic mass is 10.1. The van der Waals surface area contributed by atoms with E-state index in [2.05, 4.69) is 9.98 Å². The largest absolute Gasteiger partial charge is 0.479 e. The van der Waals surface area contributed by atoms with Gasteiger partial charge in [-0.15, -0.1) is 0 Å². The highest BCUT2D eigenvalue weighted by Crippen LogP contribution is 2.26. The van der Waals surface area contributed by atoms with E-state index < -0.39 is 4.92 Å². The Kier molecular flexibility index (Phi) is 4.86. The minimum Gasteiger partial charge on any atom is -0.479 e. The van der Waals surface area contributed by atoms with E-state index >= 15 is 0 Å². The number of aromatic hydroxyl groups is 1. The molecule has 3 aromatic carbocycles. The predicted octanol–water partition coefficient (Wildman–Crippen LogP) is 5.36. The Morgan fingerprint density at radius 2 is 1.83 bits per heavy atom. The first-order valence-electron chi connectivity index (χ1n) is 8.74. The van der Waals surface area contributed by atoms with Crippen molar-refractivity contribution >= 4 is 40.5 Å². The molecule has 0 aliphatic heterocycles. The van der Waals surface area contributed by atoms with E-state index in [1.807, 2.05) is 42.5 Å².